The van der Waals surface area contributed by atoms with Crippen molar-refractivity contribution < 1.29 is 18.7 Å². The molecule has 2 aromatic heterocycles. The van der Waals surface area contributed by atoms with Crippen LogP contribution in [0, 0.1) is 0 Å². The molecule has 0 unspecified atom stereocenters. The Labute approximate surface area is 177 Å². The molecule has 0 spiro atoms. The molecule has 3 aromatic carbocycles. The molecule has 0 aliphatic heterocycles. The first-order chi connectivity index (χ1) is 15.2. The molecule has 6 nitrogen and oxygen atoms in total. The number of esters is 1. The average molecular weight is 408 g/mol. The molecular formula is C25H16N2O4. The van der Waals surface area contributed by atoms with Crippen molar-refractivity contribution in [2.45, 2.75) is 0 Å². The van der Waals surface area contributed by atoms with Crippen LogP contribution in [-0.4, -0.2) is 28.3 Å². The number of ether oxygens (including phenoxy) is 1. The molecule has 0 fully saturated rings. The van der Waals surface area contributed by atoms with Crippen LogP contribution in [0.4, 0.5) is 0 Å². The Morgan fingerprint density at radius 1 is 0.903 bits per heavy atom. The predicted molar refractivity (Wildman–Crippen MR) is 116 cm³/mol. The van der Waals surface area contributed by atoms with E-state index in [0.717, 1.165) is 10.9 Å². The maximum Gasteiger partial charge on any atom is 0.339 e. The number of pyridine rings is 1. The lowest BCUT2D eigenvalue weighted by Crippen LogP contribution is -2.14. The maximum atomic E-state index is 12.9. The van der Waals surface area contributed by atoms with E-state index in [2.05, 4.69) is 9.97 Å². The lowest BCUT2D eigenvalue weighted by Gasteiger charge is -2.10. The van der Waals surface area contributed by atoms with E-state index in [1.54, 1.807) is 30.5 Å². The van der Waals surface area contributed by atoms with E-state index in [-0.39, 0.29) is 12.4 Å². The molecule has 0 atom stereocenters. The lowest BCUT2D eigenvalue weighted by atomic mass is 9.99. The molecule has 5 rings (SSSR count). The summed E-state index contributed by atoms with van der Waals surface area (Å²) in [6, 6.07) is 21.8. The van der Waals surface area contributed by atoms with Crippen LogP contribution in [0.15, 0.2) is 89.6 Å². The number of benzene rings is 3. The molecule has 0 N–H and O–H groups in total. The minimum atomic E-state index is -0.591. The van der Waals surface area contributed by atoms with Gasteiger partial charge in [-0.3, -0.25) is 9.78 Å². The van der Waals surface area contributed by atoms with Crippen LogP contribution in [0.3, 0.4) is 0 Å². The molecule has 0 saturated heterocycles. The van der Waals surface area contributed by atoms with E-state index in [9.17, 15) is 9.59 Å². The van der Waals surface area contributed by atoms with Crippen LogP contribution in [0.25, 0.3) is 33.3 Å². The monoisotopic (exact) mass is 408 g/mol. The van der Waals surface area contributed by atoms with Gasteiger partial charge in [-0.2, -0.15) is 0 Å². The number of oxazole rings is 1. The summed E-state index contributed by atoms with van der Waals surface area (Å²) < 4.78 is 11.3. The fraction of sp³-hybridized carbons (Fsp3) is 0.0400. The Hall–Kier alpha value is -4.32. The Bertz CT molecular complexity index is 1390. The Morgan fingerprint density at radius 2 is 1.74 bits per heavy atom. The van der Waals surface area contributed by atoms with Gasteiger partial charge in [0.15, 0.2) is 12.2 Å². The second kappa shape index (κ2) is 7.84. The van der Waals surface area contributed by atoms with Crippen molar-refractivity contribution in [2.75, 3.05) is 6.61 Å². The fourth-order valence-corrected chi connectivity index (χ4v) is 3.50. The third kappa shape index (κ3) is 3.55. The van der Waals surface area contributed by atoms with E-state index in [1.165, 1.54) is 6.20 Å². The fourth-order valence-electron chi connectivity index (χ4n) is 3.50. The van der Waals surface area contributed by atoms with Crippen molar-refractivity contribution in [1.29, 1.82) is 0 Å². The number of carbonyl (C=O) groups is 2. The quantitative estimate of drug-likeness (QED) is 0.298. The van der Waals surface area contributed by atoms with Gasteiger partial charge in [0.1, 0.15) is 5.52 Å². The van der Waals surface area contributed by atoms with Crippen molar-refractivity contribution in [3.8, 4) is 11.5 Å². The van der Waals surface area contributed by atoms with Crippen molar-refractivity contribution in [3.05, 3.63) is 96.3 Å². The smallest absolute Gasteiger partial charge is 0.339 e. The van der Waals surface area contributed by atoms with Crippen LogP contribution in [0.5, 0.6) is 0 Å². The summed E-state index contributed by atoms with van der Waals surface area (Å²) in [5, 5.41) is 1.50. The maximum absolute atomic E-state index is 12.9. The van der Waals surface area contributed by atoms with Crippen LogP contribution < -0.4 is 0 Å². The molecule has 2 heterocycles. The number of ketones is 1. The largest absolute Gasteiger partial charge is 0.454 e. The van der Waals surface area contributed by atoms with Crippen LogP contribution in [-0.2, 0) is 4.74 Å². The number of hydrogen-bond acceptors (Lipinski definition) is 6. The molecule has 150 valence electrons. The van der Waals surface area contributed by atoms with Gasteiger partial charge in [-0.15, -0.1) is 0 Å². The second-order valence-corrected chi connectivity index (χ2v) is 6.94. The van der Waals surface area contributed by atoms with Gasteiger partial charge in [0, 0.05) is 28.9 Å². The summed E-state index contributed by atoms with van der Waals surface area (Å²) in [5.41, 5.74) is 2.81. The molecular weight excluding hydrogens is 392 g/mol. The SMILES string of the molecule is O=C(COC(=O)c1cccc2cccc(-c3nc4ccccc4o3)c12)c1cccnc1. The number of Topliss-reactive ketones (excluding diaryl/α,β-unsaturated/α-hetero) is 1. The highest BCUT2D eigenvalue weighted by Gasteiger charge is 2.19. The first kappa shape index (κ1) is 18.7. The summed E-state index contributed by atoms with van der Waals surface area (Å²) in [4.78, 5) is 33.7. The Balaban J connectivity index is 1.52. The summed E-state index contributed by atoms with van der Waals surface area (Å²) in [7, 11) is 0. The molecule has 0 aliphatic carbocycles. The molecule has 0 radical (unpaired) electrons. The second-order valence-electron chi connectivity index (χ2n) is 6.94. The minimum Gasteiger partial charge on any atom is -0.454 e. The first-order valence-electron chi connectivity index (χ1n) is 9.69. The van der Waals surface area contributed by atoms with Crippen LogP contribution in [0.1, 0.15) is 20.7 Å². The van der Waals surface area contributed by atoms with Gasteiger partial charge in [0.05, 0.1) is 5.56 Å². The van der Waals surface area contributed by atoms with Crippen molar-refractivity contribution in [3.63, 3.8) is 0 Å². The molecule has 0 amide bonds. The number of rotatable bonds is 5. The molecule has 0 bridgehead atoms. The number of para-hydroxylation sites is 2. The van der Waals surface area contributed by atoms with Crippen molar-refractivity contribution in [1.82, 2.24) is 9.97 Å². The highest BCUT2D eigenvalue weighted by atomic mass is 16.5. The van der Waals surface area contributed by atoms with E-state index in [1.807, 2.05) is 48.5 Å². The molecule has 0 aliphatic rings. The zero-order valence-corrected chi connectivity index (χ0v) is 16.3. The zero-order valence-electron chi connectivity index (χ0n) is 16.3. The zero-order chi connectivity index (χ0) is 21.2. The normalized spacial score (nSPS) is 11.0. The van der Waals surface area contributed by atoms with Crippen LogP contribution in [0.2, 0.25) is 0 Å². The van der Waals surface area contributed by atoms with Gasteiger partial charge >= 0.3 is 5.97 Å². The first-order valence-corrected chi connectivity index (χ1v) is 9.69. The molecule has 5 aromatic rings. The van der Waals surface area contributed by atoms with Gasteiger partial charge in [0.25, 0.3) is 0 Å². The summed E-state index contributed by atoms with van der Waals surface area (Å²) >= 11 is 0. The van der Waals surface area contributed by atoms with E-state index < -0.39 is 5.97 Å². The third-order valence-electron chi connectivity index (χ3n) is 4.97. The third-order valence-corrected chi connectivity index (χ3v) is 4.97. The van der Waals surface area contributed by atoms with Gasteiger partial charge in [-0.1, -0.05) is 36.4 Å². The number of nitrogens with zero attached hydrogens (tertiary/aromatic N) is 2. The molecule has 0 saturated carbocycles. The van der Waals surface area contributed by atoms with Gasteiger partial charge < -0.3 is 9.15 Å². The number of hydrogen-bond donors (Lipinski definition) is 0. The highest BCUT2D eigenvalue weighted by molar-refractivity contribution is 6.10. The van der Waals surface area contributed by atoms with E-state index in [0.29, 0.717) is 33.6 Å². The predicted octanol–water partition coefficient (Wildman–Crippen LogP) is 5.08. The number of aromatic nitrogens is 2. The van der Waals surface area contributed by atoms with Gasteiger partial charge in [0.2, 0.25) is 11.7 Å². The minimum absolute atomic E-state index is 0.319. The topological polar surface area (TPSA) is 82.3 Å². The Morgan fingerprint density at radius 3 is 2.55 bits per heavy atom. The molecule has 6 heteroatoms. The van der Waals surface area contributed by atoms with Gasteiger partial charge in [-0.25, -0.2) is 9.78 Å². The van der Waals surface area contributed by atoms with Gasteiger partial charge in [-0.05, 0) is 41.8 Å². The summed E-state index contributed by atoms with van der Waals surface area (Å²) in [6.07, 6.45) is 3.02. The number of carbonyl (C=O) groups excluding carboxylic acids is 2. The van der Waals surface area contributed by atoms with Crippen molar-refractivity contribution in [2.24, 2.45) is 0 Å². The van der Waals surface area contributed by atoms with E-state index in [4.69, 9.17) is 9.15 Å². The van der Waals surface area contributed by atoms with Crippen molar-refractivity contribution >= 4 is 33.6 Å². The number of fused-ring (bicyclic) bond motifs is 2. The summed E-state index contributed by atoms with van der Waals surface area (Å²) in [6.45, 7) is -0.369. The highest BCUT2D eigenvalue weighted by Crippen LogP contribution is 2.33. The molecule has 31 heavy (non-hydrogen) atoms. The van der Waals surface area contributed by atoms with Crippen LogP contribution >= 0.6 is 0 Å². The standard InChI is InChI=1S/C25H16N2O4/c28-21(17-8-5-13-26-14-17)15-30-25(29)19-10-4-7-16-6-3-9-18(23(16)19)24-27-20-11-1-2-12-22(20)31-24/h1-14H,15H2. The summed E-state index contributed by atoms with van der Waals surface area (Å²) in [5.74, 6) is -0.495. The Kier molecular flexibility index (Phi) is 4.72. The average Bonchev–Trinajstić information content (AvgIpc) is 3.26. The van der Waals surface area contributed by atoms with E-state index >= 15 is 0 Å². The lowest BCUT2D eigenvalue weighted by molar-refractivity contribution is 0.0476.